The second kappa shape index (κ2) is 10.1. The summed E-state index contributed by atoms with van der Waals surface area (Å²) in [6, 6.07) is 14.5. The van der Waals surface area contributed by atoms with Crippen LogP contribution in [0.5, 0.6) is 5.75 Å². The molecule has 32 heavy (non-hydrogen) atoms. The second-order valence-corrected chi connectivity index (χ2v) is 10.4. The van der Waals surface area contributed by atoms with Crippen LogP contribution in [0.1, 0.15) is 54.9 Å². The molecule has 0 bridgehead atoms. The van der Waals surface area contributed by atoms with E-state index in [1.54, 1.807) is 12.1 Å². The molecule has 0 spiro atoms. The Hall–Kier alpha value is -2.22. The Morgan fingerprint density at radius 2 is 1.78 bits per heavy atom. The zero-order valence-electron chi connectivity index (χ0n) is 18.6. The van der Waals surface area contributed by atoms with Gasteiger partial charge in [-0.3, -0.25) is 9.69 Å². The molecule has 1 aliphatic heterocycles. The Labute approximate surface area is 191 Å². The van der Waals surface area contributed by atoms with Gasteiger partial charge in [-0.1, -0.05) is 19.1 Å². The number of likely N-dealkylation sites (tertiary alicyclic amines) is 1. The minimum absolute atomic E-state index is 0.182. The van der Waals surface area contributed by atoms with Crippen LogP contribution in [0.3, 0.4) is 0 Å². The van der Waals surface area contributed by atoms with Crippen LogP contribution in [0.15, 0.2) is 53.4 Å². The number of carbonyl (C=O) groups is 1. The molecule has 2 aromatic carbocycles. The maximum absolute atomic E-state index is 12.8. The van der Waals surface area contributed by atoms with Gasteiger partial charge in [0.1, 0.15) is 5.75 Å². The number of rotatable bonds is 11. The third-order valence-corrected chi connectivity index (χ3v) is 7.72. The molecule has 1 heterocycles. The lowest BCUT2D eigenvalue weighted by Gasteiger charge is -2.25. The molecule has 0 aromatic heterocycles. The quantitative estimate of drug-likeness (QED) is 0.408. The molecule has 172 valence electrons. The van der Waals surface area contributed by atoms with Gasteiger partial charge in [-0.05, 0) is 87.0 Å². The summed E-state index contributed by atoms with van der Waals surface area (Å²) in [4.78, 5) is 14.6. The first kappa shape index (κ1) is 23.0. The van der Waals surface area contributed by atoms with E-state index >= 15 is 0 Å². The fourth-order valence-corrected chi connectivity index (χ4v) is 5.39. The summed E-state index contributed by atoms with van der Waals surface area (Å²) in [7, 11) is -3.54. The van der Waals surface area contributed by atoms with E-state index in [0.29, 0.717) is 11.5 Å². The molecule has 6 nitrogen and oxygen atoms in total. The fraction of sp³-hybridized carbons (Fsp3) is 0.480. The molecule has 1 saturated heterocycles. The van der Waals surface area contributed by atoms with Crippen LogP contribution in [-0.4, -0.2) is 45.0 Å². The highest BCUT2D eigenvalue weighted by Gasteiger charge is 2.30. The van der Waals surface area contributed by atoms with Crippen molar-refractivity contribution in [2.75, 3.05) is 19.7 Å². The largest absolute Gasteiger partial charge is 0.494 e. The molecular weight excluding hydrogens is 424 g/mol. The zero-order chi connectivity index (χ0) is 22.6. The molecule has 1 aliphatic carbocycles. The van der Waals surface area contributed by atoms with E-state index in [0.717, 1.165) is 68.5 Å². The predicted molar refractivity (Wildman–Crippen MR) is 124 cm³/mol. The number of hydrogen-bond donors (Lipinski definition) is 1. The van der Waals surface area contributed by atoms with E-state index in [-0.39, 0.29) is 17.9 Å². The summed E-state index contributed by atoms with van der Waals surface area (Å²) in [5.74, 6) is 1.22. The lowest BCUT2D eigenvalue weighted by molar-refractivity contribution is 0.0967. The van der Waals surface area contributed by atoms with Crippen LogP contribution in [0.2, 0.25) is 0 Å². The summed E-state index contributed by atoms with van der Waals surface area (Å²) in [5.41, 5.74) is 1.88. The van der Waals surface area contributed by atoms with Crippen LogP contribution < -0.4 is 9.46 Å². The van der Waals surface area contributed by atoms with Gasteiger partial charge in [-0.15, -0.1) is 0 Å². The smallest absolute Gasteiger partial charge is 0.241 e. The monoisotopic (exact) mass is 456 g/mol. The molecule has 1 N–H and O–H groups in total. The van der Waals surface area contributed by atoms with Crippen molar-refractivity contribution >= 4 is 15.8 Å². The van der Waals surface area contributed by atoms with E-state index in [1.807, 2.05) is 43.3 Å². The van der Waals surface area contributed by atoms with E-state index < -0.39 is 10.0 Å². The highest BCUT2D eigenvalue weighted by atomic mass is 32.2. The first-order valence-corrected chi connectivity index (χ1v) is 13.1. The Morgan fingerprint density at radius 3 is 2.44 bits per heavy atom. The number of Topliss-reactive ketones (excluding diaryl/α,β-unsaturated/α-hetero) is 1. The molecule has 1 atom stereocenters. The van der Waals surface area contributed by atoms with Gasteiger partial charge in [0.05, 0.1) is 17.7 Å². The van der Waals surface area contributed by atoms with Gasteiger partial charge in [-0.2, -0.15) is 4.72 Å². The summed E-state index contributed by atoms with van der Waals surface area (Å²) >= 11 is 0. The maximum atomic E-state index is 12.8. The lowest BCUT2D eigenvalue weighted by Crippen LogP contribution is -2.44. The highest BCUT2D eigenvalue weighted by molar-refractivity contribution is 7.89. The number of ether oxygens (including phenoxy) is 1. The molecule has 1 unspecified atom stereocenters. The number of aryl methyl sites for hydroxylation is 1. The fourth-order valence-electron chi connectivity index (χ4n) is 4.13. The van der Waals surface area contributed by atoms with Crippen molar-refractivity contribution in [2.45, 2.75) is 56.5 Å². The number of ketones is 1. The molecule has 1 saturated carbocycles. The van der Waals surface area contributed by atoms with E-state index in [4.69, 9.17) is 4.74 Å². The molecule has 2 fully saturated rings. The minimum atomic E-state index is -3.54. The van der Waals surface area contributed by atoms with Crippen LogP contribution in [0.25, 0.3) is 0 Å². The average molecular weight is 457 g/mol. The van der Waals surface area contributed by atoms with Crippen LogP contribution >= 0.6 is 0 Å². The van der Waals surface area contributed by atoms with Gasteiger partial charge < -0.3 is 4.74 Å². The standard InChI is InChI=1S/C25H32N2O4S/c1-2-19-6-14-23(15-7-19)32(29,30)26-24-5-3-16-27(24)17-4-18-31-22-12-10-21(11-13-22)25(28)20-8-9-20/h6-7,10-15,20,24,26H,2-5,8-9,16-18H2,1H3. The first-order valence-electron chi connectivity index (χ1n) is 11.6. The van der Waals surface area contributed by atoms with Gasteiger partial charge in [0, 0.05) is 18.0 Å². The first-order chi connectivity index (χ1) is 15.5. The minimum Gasteiger partial charge on any atom is -0.494 e. The van der Waals surface area contributed by atoms with Gasteiger partial charge >= 0.3 is 0 Å². The summed E-state index contributed by atoms with van der Waals surface area (Å²) < 4.78 is 34.3. The van der Waals surface area contributed by atoms with Crippen molar-refractivity contribution in [1.82, 2.24) is 9.62 Å². The summed E-state index contributed by atoms with van der Waals surface area (Å²) in [6.07, 6.45) is 5.30. The number of benzene rings is 2. The molecule has 4 rings (SSSR count). The van der Waals surface area contributed by atoms with Crippen molar-refractivity contribution < 1.29 is 17.9 Å². The van der Waals surface area contributed by atoms with Crippen molar-refractivity contribution in [2.24, 2.45) is 5.92 Å². The van der Waals surface area contributed by atoms with Crippen molar-refractivity contribution in [3.8, 4) is 5.75 Å². The van der Waals surface area contributed by atoms with Gasteiger partial charge in [0.25, 0.3) is 0 Å². The van der Waals surface area contributed by atoms with Crippen LogP contribution in [0.4, 0.5) is 0 Å². The Morgan fingerprint density at radius 1 is 1.06 bits per heavy atom. The summed E-state index contributed by atoms with van der Waals surface area (Å²) in [6.45, 7) is 4.23. The lowest BCUT2D eigenvalue weighted by atomic mass is 10.1. The third kappa shape index (κ3) is 5.77. The van der Waals surface area contributed by atoms with Crippen molar-refractivity contribution in [1.29, 1.82) is 0 Å². The number of nitrogens with zero attached hydrogens (tertiary/aromatic N) is 1. The number of sulfonamides is 1. The molecule has 0 amide bonds. The topological polar surface area (TPSA) is 75.7 Å². The zero-order valence-corrected chi connectivity index (χ0v) is 19.4. The Bertz CT molecular complexity index is 1010. The maximum Gasteiger partial charge on any atom is 0.241 e. The van der Waals surface area contributed by atoms with Crippen molar-refractivity contribution in [3.05, 3.63) is 59.7 Å². The van der Waals surface area contributed by atoms with Gasteiger partial charge in [-0.25, -0.2) is 8.42 Å². The Balaban J connectivity index is 1.23. The summed E-state index contributed by atoms with van der Waals surface area (Å²) in [5, 5.41) is 0. The van der Waals surface area contributed by atoms with Crippen molar-refractivity contribution in [3.63, 3.8) is 0 Å². The van der Waals surface area contributed by atoms with Gasteiger partial charge in [0.15, 0.2) is 5.78 Å². The van der Waals surface area contributed by atoms with Gasteiger partial charge in [0.2, 0.25) is 10.0 Å². The number of nitrogens with one attached hydrogen (secondary N) is 1. The number of carbonyl (C=O) groups excluding carboxylic acids is 1. The third-order valence-electron chi connectivity index (χ3n) is 6.24. The van der Waals surface area contributed by atoms with E-state index in [9.17, 15) is 13.2 Å². The van der Waals surface area contributed by atoms with Crippen LogP contribution in [0, 0.1) is 5.92 Å². The van der Waals surface area contributed by atoms with E-state index in [1.165, 1.54) is 0 Å². The SMILES string of the molecule is CCc1ccc(S(=O)(=O)NC2CCCN2CCCOc2ccc(C(=O)C3CC3)cc2)cc1. The molecule has 2 aliphatic rings. The average Bonchev–Trinajstić information content (AvgIpc) is 3.57. The Kier molecular flexibility index (Phi) is 7.28. The predicted octanol–water partition coefficient (Wildman–Crippen LogP) is 4.01. The highest BCUT2D eigenvalue weighted by Crippen LogP contribution is 2.32. The molecule has 7 heteroatoms. The molecule has 0 radical (unpaired) electrons. The van der Waals surface area contributed by atoms with E-state index in [2.05, 4.69) is 9.62 Å². The molecule has 2 aromatic rings. The van der Waals surface area contributed by atoms with Crippen LogP contribution in [-0.2, 0) is 16.4 Å². The molecular formula is C25H32N2O4S. The second-order valence-electron chi connectivity index (χ2n) is 8.68. The normalized spacial score (nSPS) is 19.2. The number of hydrogen-bond acceptors (Lipinski definition) is 5.